The van der Waals surface area contributed by atoms with Crippen LogP contribution in [0.15, 0.2) is 66.7 Å². The lowest BCUT2D eigenvalue weighted by Crippen LogP contribution is -2.28. The van der Waals surface area contributed by atoms with Gasteiger partial charge in [-0.3, -0.25) is 0 Å². The standard InChI is InChI=1S/C18H11Cl4OP/c19-13-8-4-9-14(20)17(13)24(23,12-6-2-1-3-7-12)18-15(21)10-5-11-16(18)22/h1-11H. The van der Waals surface area contributed by atoms with E-state index in [0.29, 0.717) is 36.0 Å². The van der Waals surface area contributed by atoms with E-state index in [9.17, 15) is 4.57 Å². The molecule has 0 aliphatic carbocycles. The van der Waals surface area contributed by atoms with E-state index in [0.717, 1.165) is 0 Å². The van der Waals surface area contributed by atoms with Crippen molar-refractivity contribution in [2.45, 2.75) is 0 Å². The highest BCUT2D eigenvalue weighted by Gasteiger charge is 2.37. The Bertz CT molecular complexity index is 845. The molecule has 0 aliphatic rings. The lowest BCUT2D eigenvalue weighted by molar-refractivity contribution is 0.592. The Morgan fingerprint density at radius 3 is 1.29 bits per heavy atom. The molecule has 0 unspecified atom stereocenters. The largest absolute Gasteiger partial charge is 0.308 e. The second kappa shape index (κ2) is 7.12. The van der Waals surface area contributed by atoms with Gasteiger partial charge in [-0.15, -0.1) is 0 Å². The number of hydrogen-bond donors (Lipinski definition) is 0. The molecule has 0 spiro atoms. The lowest BCUT2D eigenvalue weighted by Gasteiger charge is -2.24. The van der Waals surface area contributed by atoms with Crippen molar-refractivity contribution in [1.82, 2.24) is 0 Å². The summed E-state index contributed by atoms with van der Waals surface area (Å²) in [6.45, 7) is 0. The first-order valence-electron chi connectivity index (χ1n) is 7.01. The van der Waals surface area contributed by atoms with Crippen molar-refractivity contribution >= 4 is 69.5 Å². The highest BCUT2D eigenvalue weighted by Crippen LogP contribution is 2.49. The molecule has 3 aromatic carbocycles. The predicted molar refractivity (Wildman–Crippen MR) is 106 cm³/mol. The van der Waals surface area contributed by atoms with E-state index in [-0.39, 0.29) is 0 Å². The van der Waals surface area contributed by atoms with Gasteiger partial charge in [-0.25, -0.2) is 0 Å². The maximum atomic E-state index is 14.4. The Labute approximate surface area is 160 Å². The molecule has 122 valence electrons. The Morgan fingerprint density at radius 2 is 0.917 bits per heavy atom. The lowest BCUT2D eigenvalue weighted by atomic mass is 10.3. The predicted octanol–water partition coefficient (Wildman–Crippen LogP) is 5.94. The van der Waals surface area contributed by atoms with Crippen molar-refractivity contribution in [2.75, 3.05) is 0 Å². The summed E-state index contributed by atoms with van der Waals surface area (Å²) >= 11 is 25.5. The van der Waals surface area contributed by atoms with Crippen molar-refractivity contribution in [3.05, 3.63) is 86.8 Å². The first-order chi connectivity index (χ1) is 11.5. The van der Waals surface area contributed by atoms with Gasteiger partial charge in [0, 0.05) is 5.30 Å². The maximum Gasteiger partial charge on any atom is 0.176 e. The van der Waals surface area contributed by atoms with E-state index >= 15 is 0 Å². The van der Waals surface area contributed by atoms with Gasteiger partial charge in [0.25, 0.3) is 0 Å². The Morgan fingerprint density at radius 1 is 0.542 bits per heavy atom. The monoisotopic (exact) mass is 414 g/mol. The fraction of sp³-hybridized carbons (Fsp3) is 0. The number of rotatable bonds is 3. The summed E-state index contributed by atoms with van der Waals surface area (Å²) in [5.41, 5.74) is 0. The van der Waals surface area contributed by atoms with Crippen LogP contribution in [0.1, 0.15) is 0 Å². The molecule has 3 aromatic rings. The topological polar surface area (TPSA) is 17.1 Å². The van der Waals surface area contributed by atoms with Gasteiger partial charge in [0.1, 0.15) is 0 Å². The molecule has 0 saturated carbocycles. The summed E-state index contributed by atoms with van der Waals surface area (Å²) in [6.07, 6.45) is 0. The van der Waals surface area contributed by atoms with Crippen molar-refractivity contribution in [3.63, 3.8) is 0 Å². The second-order valence-electron chi connectivity index (χ2n) is 5.09. The van der Waals surface area contributed by atoms with Crippen molar-refractivity contribution in [2.24, 2.45) is 0 Å². The highest BCUT2D eigenvalue weighted by atomic mass is 35.5. The molecule has 0 atom stereocenters. The average Bonchev–Trinajstić information content (AvgIpc) is 2.55. The molecule has 0 aliphatic heterocycles. The van der Waals surface area contributed by atoms with Crippen molar-refractivity contribution in [3.8, 4) is 0 Å². The van der Waals surface area contributed by atoms with E-state index in [1.54, 1.807) is 60.7 Å². The quantitative estimate of drug-likeness (QED) is 0.484. The van der Waals surface area contributed by atoms with E-state index < -0.39 is 7.14 Å². The molecular weight excluding hydrogens is 405 g/mol. The molecule has 0 aromatic heterocycles. The molecular formula is C18H11Cl4OP. The Balaban J connectivity index is 2.47. The molecule has 3 rings (SSSR count). The van der Waals surface area contributed by atoms with Crippen molar-refractivity contribution < 1.29 is 4.57 Å². The minimum absolute atomic E-state index is 0.311. The summed E-state index contributed by atoms with van der Waals surface area (Å²) in [5.74, 6) is 0. The van der Waals surface area contributed by atoms with Crippen molar-refractivity contribution in [1.29, 1.82) is 0 Å². The van der Waals surface area contributed by atoms with E-state index in [4.69, 9.17) is 46.4 Å². The zero-order valence-corrected chi connectivity index (χ0v) is 16.1. The first-order valence-corrected chi connectivity index (χ1v) is 10.2. The third-order valence-electron chi connectivity index (χ3n) is 3.62. The van der Waals surface area contributed by atoms with Gasteiger partial charge in [-0.05, 0) is 24.3 Å². The molecule has 0 radical (unpaired) electrons. The second-order valence-corrected chi connectivity index (χ2v) is 9.34. The fourth-order valence-corrected chi connectivity index (χ4v) is 7.64. The molecule has 0 bridgehead atoms. The first kappa shape index (κ1) is 17.9. The summed E-state index contributed by atoms with van der Waals surface area (Å²) in [5, 5.41) is 2.49. The summed E-state index contributed by atoms with van der Waals surface area (Å²) in [6, 6.07) is 19.0. The normalized spacial score (nSPS) is 11.5. The van der Waals surface area contributed by atoms with Crippen LogP contribution < -0.4 is 15.9 Å². The van der Waals surface area contributed by atoms with Crippen LogP contribution in [0.2, 0.25) is 20.1 Å². The van der Waals surface area contributed by atoms with Gasteiger partial charge in [0.15, 0.2) is 7.14 Å². The van der Waals surface area contributed by atoms with E-state index in [1.165, 1.54) is 0 Å². The summed E-state index contributed by atoms with van der Waals surface area (Å²) < 4.78 is 14.4. The van der Waals surface area contributed by atoms with Crippen LogP contribution in [0.4, 0.5) is 0 Å². The molecule has 0 saturated heterocycles. The van der Waals surface area contributed by atoms with E-state index in [1.807, 2.05) is 6.07 Å². The van der Waals surface area contributed by atoms with Gasteiger partial charge in [0.05, 0.1) is 30.7 Å². The van der Waals surface area contributed by atoms with Gasteiger partial charge in [0.2, 0.25) is 0 Å². The van der Waals surface area contributed by atoms with Crippen LogP contribution in [0, 0.1) is 0 Å². The zero-order valence-electron chi connectivity index (χ0n) is 12.2. The minimum atomic E-state index is -3.45. The van der Waals surface area contributed by atoms with Crippen LogP contribution >= 0.6 is 53.5 Å². The minimum Gasteiger partial charge on any atom is -0.308 e. The number of halogens is 4. The summed E-state index contributed by atoms with van der Waals surface area (Å²) in [4.78, 5) is 0. The molecule has 1 nitrogen and oxygen atoms in total. The number of hydrogen-bond acceptors (Lipinski definition) is 1. The number of benzene rings is 3. The van der Waals surface area contributed by atoms with E-state index in [2.05, 4.69) is 0 Å². The maximum absolute atomic E-state index is 14.4. The van der Waals surface area contributed by atoms with Gasteiger partial charge >= 0.3 is 0 Å². The smallest absolute Gasteiger partial charge is 0.176 e. The molecule has 0 fully saturated rings. The zero-order chi connectivity index (χ0) is 17.3. The van der Waals surface area contributed by atoms with Gasteiger partial charge in [-0.1, -0.05) is 88.9 Å². The van der Waals surface area contributed by atoms with Crippen LogP contribution in [0.5, 0.6) is 0 Å². The molecule has 24 heavy (non-hydrogen) atoms. The Kier molecular flexibility index (Phi) is 5.30. The average molecular weight is 416 g/mol. The van der Waals surface area contributed by atoms with Crippen LogP contribution in [0.25, 0.3) is 0 Å². The highest BCUT2D eigenvalue weighted by molar-refractivity contribution is 7.86. The molecule has 0 N–H and O–H groups in total. The fourth-order valence-electron chi connectivity index (χ4n) is 2.59. The van der Waals surface area contributed by atoms with Gasteiger partial charge < -0.3 is 4.57 Å². The van der Waals surface area contributed by atoms with Crippen LogP contribution in [-0.2, 0) is 4.57 Å². The van der Waals surface area contributed by atoms with Crippen LogP contribution in [0.3, 0.4) is 0 Å². The molecule has 0 amide bonds. The molecule has 0 heterocycles. The van der Waals surface area contributed by atoms with Gasteiger partial charge in [-0.2, -0.15) is 0 Å². The third kappa shape index (κ3) is 3.01. The SMILES string of the molecule is O=P(c1ccccc1)(c1c(Cl)cccc1Cl)c1c(Cl)cccc1Cl. The van der Waals surface area contributed by atoms with Crippen LogP contribution in [-0.4, -0.2) is 0 Å². The Hall–Kier alpha value is -0.950. The summed E-state index contributed by atoms with van der Waals surface area (Å²) in [7, 11) is -3.45. The molecule has 6 heteroatoms. The third-order valence-corrected chi connectivity index (χ3v) is 8.66.